The highest BCUT2D eigenvalue weighted by Crippen LogP contribution is 2.60. The van der Waals surface area contributed by atoms with Crippen molar-refractivity contribution in [1.29, 1.82) is 0 Å². The van der Waals surface area contributed by atoms with Gasteiger partial charge in [-0.15, -0.1) is 0 Å². The van der Waals surface area contributed by atoms with Gasteiger partial charge in [-0.05, 0) is 75.0 Å². The largest absolute Gasteiger partial charge is 0.396 e. The molecule has 1 heterocycles. The van der Waals surface area contributed by atoms with Crippen LogP contribution in [0.3, 0.4) is 0 Å². The maximum Gasteiger partial charge on any atom is 0.228 e. The first kappa shape index (κ1) is 13.1. The molecule has 1 aliphatic heterocycles. The molecule has 112 valence electrons. The first-order valence-electron chi connectivity index (χ1n) is 8.59. The summed E-state index contributed by atoms with van der Waals surface area (Å²) in [5.41, 5.74) is 0.0286. The van der Waals surface area contributed by atoms with Crippen molar-refractivity contribution in [2.45, 2.75) is 51.4 Å². The number of aliphatic hydroxyl groups is 1. The SMILES string of the molecule is O=C(N1CCC(CO)CC1)C12CC3CC(CC(C3)C1)C2. The van der Waals surface area contributed by atoms with Gasteiger partial charge in [-0.1, -0.05) is 0 Å². The van der Waals surface area contributed by atoms with Crippen molar-refractivity contribution < 1.29 is 9.90 Å². The van der Waals surface area contributed by atoms with E-state index in [0.29, 0.717) is 18.4 Å². The van der Waals surface area contributed by atoms with Crippen molar-refractivity contribution in [1.82, 2.24) is 4.90 Å². The molecule has 1 saturated heterocycles. The molecule has 5 rings (SSSR count). The highest BCUT2D eigenvalue weighted by Gasteiger charge is 2.55. The first-order valence-corrected chi connectivity index (χ1v) is 8.59. The lowest BCUT2D eigenvalue weighted by Crippen LogP contribution is -2.55. The second-order valence-electron chi connectivity index (χ2n) is 8.12. The van der Waals surface area contributed by atoms with Crippen molar-refractivity contribution in [3.05, 3.63) is 0 Å². The second-order valence-corrected chi connectivity index (χ2v) is 8.12. The van der Waals surface area contributed by atoms with E-state index in [1.807, 2.05) is 0 Å². The molecule has 3 heteroatoms. The van der Waals surface area contributed by atoms with Gasteiger partial charge >= 0.3 is 0 Å². The van der Waals surface area contributed by atoms with E-state index in [-0.39, 0.29) is 5.41 Å². The molecule has 1 N–H and O–H groups in total. The molecule has 3 nitrogen and oxygen atoms in total. The van der Waals surface area contributed by atoms with Gasteiger partial charge in [-0.3, -0.25) is 4.79 Å². The van der Waals surface area contributed by atoms with Gasteiger partial charge in [-0.25, -0.2) is 0 Å². The molecule has 0 atom stereocenters. The van der Waals surface area contributed by atoms with Gasteiger partial charge in [0.2, 0.25) is 5.91 Å². The van der Waals surface area contributed by atoms with Gasteiger partial charge in [0.05, 0.1) is 5.41 Å². The molecule has 5 fully saturated rings. The number of piperidine rings is 1. The highest BCUT2D eigenvalue weighted by molar-refractivity contribution is 5.83. The topological polar surface area (TPSA) is 40.5 Å². The van der Waals surface area contributed by atoms with Crippen molar-refractivity contribution >= 4 is 5.91 Å². The molecule has 4 saturated carbocycles. The number of rotatable bonds is 2. The third kappa shape index (κ3) is 2.01. The summed E-state index contributed by atoms with van der Waals surface area (Å²) in [7, 11) is 0. The number of likely N-dealkylation sites (tertiary alicyclic amines) is 1. The van der Waals surface area contributed by atoms with Gasteiger partial charge in [0.1, 0.15) is 0 Å². The van der Waals surface area contributed by atoms with E-state index in [2.05, 4.69) is 4.90 Å². The van der Waals surface area contributed by atoms with E-state index in [1.165, 1.54) is 38.5 Å². The zero-order valence-electron chi connectivity index (χ0n) is 12.4. The van der Waals surface area contributed by atoms with E-state index in [0.717, 1.165) is 43.7 Å². The molecule has 20 heavy (non-hydrogen) atoms. The Morgan fingerprint density at radius 1 is 1.00 bits per heavy atom. The summed E-state index contributed by atoms with van der Waals surface area (Å²) < 4.78 is 0. The second kappa shape index (κ2) is 4.72. The van der Waals surface area contributed by atoms with Crippen molar-refractivity contribution in [2.24, 2.45) is 29.1 Å². The summed E-state index contributed by atoms with van der Waals surface area (Å²) in [5, 5.41) is 9.24. The third-order valence-corrected chi connectivity index (χ3v) is 6.65. The van der Waals surface area contributed by atoms with E-state index in [9.17, 15) is 9.90 Å². The number of carbonyl (C=O) groups excluding carboxylic acids is 1. The molecule has 0 spiro atoms. The van der Waals surface area contributed by atoms with Crippen LogP contribution in [0.25, 0.3) is 0 Å². The number of nitrogens with zero attached hydrogens (tertiary/aromatic N) is 1. The quantitative estimate of drug-likeness (QED) is 0.842. The van der Waals surface area contributed by atoms with Crippen molar-refractivity contribution in [3.8, 4) is 0 Å². The van der Waals surface area contributed by atoms with E-state index in [4.69, 9.17) is 0 Å². The molecule has 1 amide bonds. The van der Waals surface area contributed by atoms with Gasteiger partial charge in [0.15, 0.2) is 0 Å². The van der Waals surface area contributed by atoms with Gasteiger partial charge < -0.3 is 10.0 Å². The maximum absolute atomic E-state index is 13.1. The molecule has 0 aromatic rings. The van der Waals surface area contributed by atoms with Crippen LogP contribution in [0.4, 0.5) is 0 Å². The van der Waals surface area contributed by atoms with Crippen LogP contribution < -0.4 is 0 Å². The molecule has 5 aliphatic rings. The molecule has 0 aromatic carbocycles. The van der Waals surface area contributed by atoms with Crippen LogP contribution in [0, 0.1) is 29.1 Å². The van der Waals surface area contributed by atoms with Crippen LogP contribution in [0.15, 0.2) is 0 Å². The summed E-state index contributed by atoms with van der Waals surface area (Å²) in [4.78, 5) is 15.2. The summed E-state index contributed by atoms with van der Waals surface area (Å²) in [6.07, 6.45) is 9.73. The van der Waals surface area contributed by atoms with Crippen LogP contribution in [0.1, 0.15) is 51.4 Å². The minimum Gasteiger partial charge on any atom is -0.396 e. The Morgan fingerprint density at radius 2 is 1.50 bits per heavy atom. The number of carbonyl (C=O) groups is 1. The van der Waals surface area contributed by atoms with Crippen LogP contribution >= 0.6 is 0 Å². The number of hydrogen-bond acceptors (Lipinski definition) is 2. The summed E-state index contributed by atoms with van der Waals surface area (Å²) in [6, 6.07) is 0. The highest BCUT2D eigenvalue weighted by atomic mass is 16.3. The Morgan fingerprint density at radius 3 is 1.95 bits per heavy atom. The van der Waals surface area contributed by atoms with Crippen molar-refractivity contribution in [2.75, 3.05) is 19.7 Å². The standard InChI is InChI=1S/C17H27NO2/c19-11-12-1-3-18(4-2-12)16(20)17-8-13-5-14(9-17)7-15(6-13)10-17/h12-15,19H,1-11H2. The Hall–Kier alpha value is -0.570. The molecule has 0 unspecified atom stereocenters. The Kier molecular flexibility index (Phi) is 3.10. The van der Waals surface area contributed by atoms with Crippen LogP contribution in [0.5, 0.6) is 0 Å². The zero-order chi connectivity index (χ0) is 13.7. The minimum absolute atomic E-state index is 0.0286. The van der Waals surface area contributed by atoms with E-state index < -0.39 is 0 Å². The third-order valence-electron chi connectivity index (χ3n) is 6.65. The van der Waals surface area contributed by atoms with Crippen molar-refractivity contribution in [3.63, 3.8) is 0 Å². The van der Waals surface area contributed by atoms with E-state index >= 15 is 0 Å². The fourth-order valence-electron chi connectivity index (χ4n) is 6.03. The fourth-order valence-corrected chi connectivity index (χ4v) is 6.03. The fraction of sp³-hybridized carbons (Fsp3) is 0.941. The normalized spacial score (nSPS) is 44.0. The van der Waals surface area contributed by atoms with Gasteiger partial charge in [-0.2, -0.15) is 0 Å². The Balaban J connectivity index is 1.48. The molecule has 4 aliphatic carbocycles. The summed E-state index contributed by atoms with van der Waals surface area (Å²) >= 11 is 0. The molecule has 0 radical (unpaired) electrons. The monoisotopic (exact) mass is 277 g/mol. The minimum atomic E-state index is 0.0286. The van der Waals surface area contributed by atoms with Crippen LogP contribution in [0.2, 0.25) is 0 Å². The zero-order valence-corrected chi connectivity index (χ0v) is 12.4. The predicted molar refractivity (Wildman–Crippen MR) is 77.0 cm³/mol. The van der Waals surface area contributed by atoms with Crippen LogP contribution in [-0.2, 0) is 4.79 Å². The summed E-state index contributed by atoms with van der Waals surface area (Å²) in [6.45, 7) is 2.05. The lowest BCUT2D eigenvalue weighted by atomic mass is 9.49. The molecule has 0 aromatic heterocycles. The number of hydrogen-bond donors (Lipinski definition) is 1. The Bertz CT molecular complexity index is 363. The lowest BCUT2D eigenvalue weighted by Gasteiger charge is -2.57. The maximum atomic E-state index is 13.1. The Labute approximate surface area is 121 Å². The van der Waals surface area contributed by atoms with Gasteiger partial charge in [0, 0.05) is 19.7 Å². The average Bonchev–Trinajstić information content (AvgIpc) is 2.45. The smallest absolute Gasteiger partial charge is 0.228 e. The van der Waals surface area contributed by atoms with Crippen LogP contribution in [-0.4, -0.2) is 35.6 Å². The molecule has 4 bridgehead atoms. The van der Waals surface area contributed by atoms with Gasteiger partial charge in [0.25, 0.3) is 0 Å². The lowest BCUT2D eigenvalue weighted by molar-refractivity contribution is -0.159. The molecular formula is C17H27NO2. The average molecular weight is 277 g/mol. The predicted octanol–water partition coefficient (Wildman–Crippen LogP) is 2.43. The first-order chi connectivity index (χ1) is 9.68. The van der Waals surface area contributed by atoms with E-state index in [1.54, 1.807) is 0 Å². The number of amides is 1. The summed E-state index contributed by atoms with van der Waals surface area (Å²) in [5.74, 6) is 3.45. The molecular weight excluding hydrogens is 250 g/mol. The number of aliphatic hydroxyl groups excluding tert-OH is 1.